The number of hydrogen-bond acceptors (Lipinski definition) is 2. The zero-order valence-electron chi connectivity index (χ0n) is 7.60. The van der Waals surface area contributed by atoms with Gasteiger partial charge in [0.25, 0.3) is 5.78 Å². The minimum absolute atomic E-state index is 4.14. The Bertz CT molecular complexity index is 350. The zero-order valence-corrected chi connectivity index (χ0v) is 7.60. The smallest absolute Gasteiger partial charge is 0.288 e. The van der Waals surface area contributed by atoms with E-state index in [1.165, 1.54) is 0 Å². The van der Waals surface area contributed by atoms with Gasteiger partial charge in [-0.2, -0.15) is 39.5 Å². The molecule has 0 aromatic carbocycles. The highest BCUT2D eigenvalue weighted by Crippen LogP contribution is 2.49. The van der Waals surface area contributed by atoms with Gasteiger partial charge in [0.15, 0.2) is 0 Å². The van der Waals surface area contributed by atoms with Gasteiger partial charge in [-0.1, -0.05) is 0 Å². The second-order valence-corrected chi connectivity index (χ2v) is 2.83. The quantitative estimate of drug-likeness (QED) is 0.455. The van der Waals surface area contributed by atoms with Crippen molar-refractivity contribution >= 4 is 11.8 Å². The predicted octanol–water partition coefficient (Wildman–Crippen LogP) is 2.52. The van der Waals surface area contributed by atoms with Crippen LogP contribution in [0.3, 0.4) is 0 Å². The number of carbonyl (C=O) groups is 2. The third kappa shape index (κ3) is 2.27. The maximum atomic E-state index is 12.7. The second kappa shape index (κ2) is 4.09. The molecule has 106 valence electrons. The average molecular weight is 294 g/mol. The molecule has 0 atom stereocenters. The number of ketones is 1. The second-order valence-electron chi connectivity index (χ2n) is 2.83. The molecule has 0 aromatic heterocycles. The first-order valence-corrected chi connectivity index (χ1v) is 3.55. The first kappa shape index (κ1) is 16.6. The average Bonchev–Trinajstić information content (AvgIpc) is 2.11. The summed E-state index contributed by atoms with van der Waals surface area (Å²) in [7, 11) is 0. The Morgan fingerprint density at radius 3 is 1.11 bits per heavy atom. The lowest BCUT2D eigenvalue weighted by Gasteiger charge is -2.29. The Hall–Kier alpha value is -1.36. The molecular weight excluding hydrogens is 294 g/mol. The molecule has 0 saturated heterocycles. The van der Waals surface area contributed by atoms with Gasteiger partial charge in [-0.15, -0.1) is 0 Å². The topological polar surface area (TPSA) is 34.1 Å². The van der Waals surface area contributed by atoms with Gasteiger partial charge in [0, 0.05) is 0 Å². The summed E-state index contributed by atoms with van der Waals surface area (Å²) in [5.41, 5.74) is -7.05. The first-order chi connectivity index (χ1) is 7.60. The molecule has 0 heterocycles. The van der Waals surface area contributed by atoms with Crippen LogP contribution in [-0.2, 0) is 9.59 Å². The molecule has 12 heteroatoms. The van der Waals surface area contributed by atoms with E-state index in [1.54, 1.807) is 0 Å². The number of carbonyl (C=O) groups excluding carboxylic acids is 2. The van der Waals surface area contributed by atoms with Crippen LogP contribution >= 0.6 is 0 Å². The summed E-state index contributed by atoms with van der Waals surface area (Å²) in [6, 6.07) is -4.14. The van der Waals surface area contributed by atoms with E-state index in [4.69, 9.17) is 0 Å². The van der Waals surface area contributed by atoms with Crippen LogP contribution in [-0.4, -0.2) is 35.8 Å². The van der Waals surface area contributed by atoms with Crippen LogP contribution in [0.1, 0.15) is 0 Å². The monoisotopic (exact) mass is 294 g/mol. The number of rotatable bonds is 3. The van der Waals surface area contributed by atoms with Crippen molar-refractivity contribution in [3.05, 3.63) is 0 Å². The third-order valence-corrected chi connectivity index (χ3v) is 1.63. The van der Waals surface area contributed by atoms with E-state index in [1.807, 2.05) is 0 Å². The molecule has 0 rings (SSSR count). The van der Waals surface area contributed by atoms with E-state index in [-0.39, 0.29) is 0 Å². The fraction of sp³-hybridized carbons (Fsp3) is 0.667. The SMILES string of the molecule is O=C(F)C(F)(F)C(=O)C(F)(C(F)(F)F)C(F)(F)F. The number of hydrogen-bond donors (Lipinski definition) is 0. The fourth-order valence-electron chi connectivity index (χ4n) is 0.724. The van der Waals surface area contributed by atoms with Crippen molar-refractivity contribution in [1.29, 1.82) is 0 Å². The van der Waals surface area contributed by atoms with E-state index < -0.39 is 35.8 Å². The molecule has 2 nitrogen and oxygen atoms in total. The summed E-state index contributed by atoms with van der Waals surface area (Å²) in [4.78, 5) is 19.7. The molecule has 0 fully saturated rings. The molecule has 0 radical (unpaired) electrons. The van der Waals surface area contributed by atoms with Gasteiger partial charge in [-0.3, -0.25) is 9.59 Å². The normalized spacial score (nSPS) is 14.6. The number of alkyl halides is 9. The molecular formula is C6F10O2. The van der Waals surface area contributed by atoms with Gasteiger partial charge in [-0.25, -0.2) is 4.39 Å². The first-order valence-electron chi connectivity index (χ1n) is 3.55. The van der Waals surface area contributed by atoms with Gasteiger partial charge in [-0.05, 0) is 0 Å². The summed E-state index contributed by atoms with van der Waals surface area (Å²) in [6.07, 6.45) is -14.3. The Morgan fingerprint density at radius 2 is 0.944 bits per heavy atom. The van der Waals surface area contributed by atoms with Crippen molar-refractivity contribution in [1.82, 2.24) is 0 Å². The Kier molecular flexibility index (Phi) is 3.78. The van der Waals surface area contributed by atoms with Crippen LogP contribution in [0.4, 0.5) is 43.9 Å². The van der Waals surface area contributed by atoms with Crippen LogP contribution in [0.5, 0.6) is 0 Å². The van der Waals surface area contributed by atoms with Crippen molar-refractivity contribution in [3.63, 3.8) is 0 Å². The minimum Gasteiger partial charge on any atom is -0.288 e. The van der Waals surface area contributed by atoms with Crippen LogP contribution in [0, 0.1) is 0 Å². The largest absolute Gasteiger partial charge is 0.439 e. The fourth-order valence-corrected chi connectivity index (χ4v) is 0.724. The molecule has 0 aliphatic rings. The number of halogens is 10. The summed E-state index contributed by atoms with van der Waals surface area (Å²) >= 11 is 0. The lowest BCUT2D eigenvalue weighted by atomic mass is 9.94. The molecule has 0 aliphatic carbocycles. The summed E-state index contributed by atoms with van der Waals surface area (Å²) in [5.74, 6) is -11.0. The van der Waals surface area contributed by atoms with Gasteiger partial charge < -0.3 is 0 Å². The molecule has 0 bridgehead atoms. The molecule has 0 amide bonds. The van der Waals surface area contributed by atoms with Crippen molar-refractivity contribution in [3.8, 4) is 0 Å². The van der Waals surface area contributed by atoms with E-state index >= 15 is 0 Å². The van der Waals surface area contributed by atoms with E-state index in [2.05, 4.69) is 0 Å². The lowest BCUT2D eigenvalue weighted by Crippen LogP contribution is -2.64. The molecule has 0 aromatic rings. The molecule has 18 heavy (non-hydrogen) atoms. The van der Waals surface area contributed by atoms with Gasteiger partial charge in [0.05, 0.1) is 0 Å². The van der Waals surface area contributed by atoms with Crippen LogP contribution < -0.4 is 0 Å². The maximum absolute atomic E-state index is 12.7. The summed E-state index contributed by atoms with van der Waals surface area (Å²) in [5, 5.41) is 0. The highest BCUT2D eigenvalue weighted by atomic mass is 19.4. The minimum atomic E-state index is -7.14. The van der Waals surface area contributed by atoms with Gasteiger partial charge >= 0.3 is 30.0 Å². The Balaban J connectivity index is 5.98. The van der Waals surface area contributed by atoms with Gasteiger partial charge in [0.1, 0.15) is 0 Å². The van der Waals surface area contributed by atoms with Crippen molar-refractivity contribution in [2.24, 2.45) is 0 Å². The van der Waals surface area contributed by atoms with Crippen molar-refractivity contribution in [2.75, 3.05) is 0 Å². The van der Waals surface area contributed by atoms with Gasteiger partial charge in [0.2, 0.25) is 0 Å². The van der Waals surface area contributed by atoms with E-state index in [0.717, 1.165) is 0 Å². The van der Waals surface area contributed by atoms with Crippen LogP contribution in [0.15, 0.2) is 0 Å². The number of Topliss-reactive ketones (excluding diaryl/α,β-unsaturated/α-hetero) is 1. The van der Waals surface area contributed by atoms with E-state index in [9.17, 15) is 53.5 Å². The molecule has 0 N–H and O–H groups in total. The zero-order chi connectivity index (χ0) is 15.2. The van der Waals surface area contributed by atoms with Crippen LogP contribution in [0.2, 0.25) is 0 Å². The molecule has 0 spiro atoms. The predicted molar refractivity (Wildman–Crippen MR) is 32.0 cm³/mol. The summed E-state index contributed by atoms with van der Waals surface area (Å²) < 4.78 is 119. The van der Waals surface area contributed by atoms with Crippen molar-refractivity contribution < 1.29 is 53.5 Å². The summed E-state index contributed by atoms with van der Waals surface area (Å²) in [6.45, 7) is 0. The standard InChI is InChI=1S/C6F10O2/c7-2(18)3(8,9)1(17)4(10,5(11,12)13)6(14,15)16. The molecule has 0 unspecified atom stereocenters. The Morgan fingerprint density at radius 1 is 0.667 bits per heavy atom. The third-order valence-electron chi connectivity index (χ3n) is 1.63. The molecule has 0 aliphatic heterocycles. The van der Waals surface area contributed by atoms with E-state index in [0.29, 0.717) is 0 Å². The highest BCUT2D eigenvalue weighted by molar-refractivity contribution is 6.09. The Labute approximate surface area is 90.5 Å². The highest BCUT2D eigenvalue weighted by Gasteiger charge is 2.82. The maximum Gasteiger partial charge on any atom is 0.439 e. The van der Waals surface area contributed by atoms with Crippen LogP contribution in [0.25, 0.3) is 0 Å². The lowest BCUT2D eigenvalue weighted by molar-refractivity contribution is -0.329. The van der Waals surface area contributed by atoms with Crippen molar-refractivity contribution in [2.45, 2.75) is 23.9 Å². The molecule has 0 saturated carbocycles.